The first-order valence-electron chi connectivity index (χ1n) is 9.41. The Kier molecular flexibility index (Phi) is 5.39. The number of carbonyl (C=O) groups is 2. The quantitative estimate of drug-likeness (QED) is 0.699. The van der Waals surface area contributed by atoms with Gasteiger partial charge in [-0.05, 0) is 25.0 Å². The second-order valence-corrected chi connectivity index (χ2v) is 8.07. The number of amides is 2. The van der Waals surface area contributed by atoms with Crippen LogP contribution < -0.4 is 5.32 Å². The van der Waals surface area contributed by atoms with Gasteiger partial charge in [0, 0.05) is 29.4 Å². The number of fused-ring (bicyclic) bond motifs is 1. The third kappa shape index (κ3) is 3.78. The minimum Gasteiger partial charge on any atom is -0.360 e. The maximum Gasteiger partial charge on any atom is 0.257 e. The van der Waals surface area contributed by atoms with Gasteiger partial charge in [-0.1, -0.05) is 48.0 Å². The average molecular weight is 394 g/mol. The van der Waals surface area contributed by atoms with Crippen LogP contribution in [0, 0.1) is 6.92 Å². The molecule has 3 aromatic rings. The maximum atomic E-state index is 13.1. The summed E-state index contributed by atoms with van der Waals surface area (Å²) in [5.41, 5.74) is 3.96. The van der Waals surface area contributed by atoms with Crippen molar-refractivity contribution in [2.24, 2.45) is 0 Å². The summed E-state index contributed by atoms with van der Waals surface area (Å²) in [5.74, 6) is 0.991. The summed E-state index contributed by atoms with van der Waals surface area (Å²) < 4.78 is 0. The second kappa shape index (κ2) is 8.10. The van der Waals surface area contributed by atoms with Crippen LogP contribution in [0.2, 0.25) is 0 Å². The van der Waals surface area contributed by atoms with Gasteiger partial charge in [0.15, 0.2) is 0 Å². The fourth-order valence-electron chi connectivity index (χ4n) is 3.58. The lowest BCUT2D eigenvalue weighted by Gasteiger charge is -2.23. The maximum absolute atomic E-state index is 13.1. The van der Waals surface area contributed by atoms with Crippen LogP contribution in [0.5, 0.6) is 0 Å². The Morgan fingerprint density at radius 3 is 2.93 bits per heavy atom. The fourth-order valence-corrected chi connectivity index (χ4v) is 4.73. The molecule has 1 unspecified atom stereocenters. The van der Waals surface area contributed by atoms with E-state index in [1.54, 1.807) is 22.9 Å². The molecule has 0 bridgehead atoms. The molecule has 2 aromatic carbocycles. The molecule has 0 saturated carbocycles. The van der Waals surface area contributed by atoms with Crippen LogP contribution in [0.4, 0.5) is 0 Å². The molecule has 0 aliphatic carbocycles. The SMILES string of the molecule is Cc1cccc(CCNC(=O)C2CSCN2C(=O)c2c[nH]c3ccccc23)c1. The standard InChI is InChI=1S/C22H23N3O2S/c1-15-5-4-6-16(11-15)9-10-23-21(26)20-13-28-14-25(20)22(27)18-12-24-19-8-3-2-7-17(18)19/h2-8,11-12,20,24H,9-10,13-14H2,1H3,(H,23,26). The number of hydrogen-bond donors (Lipinski definition) is 2. The predicted molar refractivity (Wildman–Crippen MR) is 113 cm³/mol. The molecule has 0 radical (unpaired) electrons. The summed E-state index contributed by atoms with van der Waals surface area (Å²) in [5, 5.41) is 3.90. The van der Waals surface area contributed by atoms with E-state index in [1.807, 2.05) is 30.3 Å². The number of aromatic amines is 1. The van der Waals surface area contributed by atoms with Crippen molar-refractivity contribution in [1.29, 1.82) is 0 Å². The minimum atomic E-state index is -0.427. The molecule has 0 spiro atoms. The third-order valence-electron chi connectivity index (χ3n) is 5.06. The molecule has 5 nitrogen and oxygen atoms in total. The Bertz CT molecular complexity index is 1010. The first kappa shape index (κ1) is 18.6. The molecule has 1 aromatic heterocycles. The Labute approximate surface area is 168 Å². The number of carbonyl (C=O) groups excluding carboxylic acids is 2. The van der Waals surface area contributed by atoms with Crippen molar-refractivity contribution in [2.75, 3.05) is 18.2 Å². The Morgan fingerprint density at radius 1 is 1.21 bits per heavy atom. The highest BCUT2D eigenvalue weighted by atomic mass is 32.2. The number of rotatable bonds is 5. The zero-order valence-electron chi connectivity index (χ0n) is 15.8. The average Bonchev–Trinajstić information content (AvgIpc) is 3.35. The highest BCUT2D eigenvalue weighted by Gasteiger charge is 2.35. The van der Waals surface area contributed by atoms with Crippen LogP contribution in [0.25, 0.3) is 10.9 Å². The molecule has 1 aliphatic heterocycles. The molecule has 2 amide bonds. The lowest BCUT2D eigenvalue weighted by Crippen LogP contribution is -2.47. The molecule has 2 heterocycles. The smallest absolute Gasteiger partial charge is 0.257 e. The zero-order valence-corrected chi connectivity index (χ0v) is 16.6. The van der Waals surface area contributed by atoms with E-state index < -0.39 is 6.04 Å². The summed E-state index contributed by atoms with van der Waals surface area (Å²) >= 11 is 1.62. The van der Waals surface area contributed by atoms with Gasteiger partial charge in [-0.3, -0.25) is 9.59 Å². The van der Waals surface area contributed by atoms with Crippen molar-refractivity contribution in [3.05, 3.63) is 71.4 Å². The molecule has 1 fully saturated rings. The minimum absolute atomic E-state index is 0.0779. The molecule has 1 aliphatic rings. The van der Waals surface area contributed by atoms with Crippen molar-refractivity contribution in [1.82, 2.24) is 15.2 Å². The second-order valence-electron chi connectivity index (χ2n) is 7.07. The van der Waals surface area contributed by atoms with Crippen molar-refractivity contribution < 1.29 is 9.59 Å². The summed E-state index contributed by atoms with van der Waals surface area (Å²) in [4.78, 5) is 30.6. The predicted octanol–water partition coefficient (Wildman–Crippen LogP) is 3.35. The Morgan fingerprint density at radius 2 is 2.07 bits per heavy atom. The molecule has 28 heavy (non-hydrogen) atoms. The van der Waals surface area contributed by atoms with E-state index in [0.717, 1.165) is 17.3 Å². The fraction of sp³-hybridized carbons (Fsp3) is 0.273. The van der Waals surface area contributed by atoms with Crippen LogP contribution in [-0.2, 0) is 11.2 Å². The number of aromatic nitrogens is 1. The van der Waals surface area contributed by atoms with Gasteiger partial charge in [-0.25, -0.2) is 0 Å². The zero-order chi connectivity index (χ0) is 19.5. The van der Waals surface area contributed by atoms with Crippen LogP contribution in [0.1, 0.15) is 21.5 Å². The van der Waals surface area contributed by atoms with Gasteiger partial charge in [0.1, 0.15) is 6.04 Å². The van der Waals surface area contributed by atoms with Crippen LogP contribution >= 0.6 is 11.8 Å². The highest BCUT2D eigenvalue weighted by Crippen LogP contribution is 2.26. The van der Waals surface area contributed by atoms with Gasteiger partial charge >= 0.3 is 0 Å². The van der Waals surface area contributed by atoms with E-state index >= 15 is 0 Å². The van der Waals surface area contributed by atoms with E-state index in [2.05, 4.69) is 35.4 Å². The molecule has 4 rings (SSSR count). The van der Waals surface area contributed by atoms with Crippen molar-refractivity contribution >= 4 is 34.5 Å². The summed E-state index contributed by atoms with van der Waals surface area (Å²) in [6, 6.07) is 15.6. The number of nitrogens with zero attached hydrogens (tertiary/aromatic N) is 1. The molecule has 1 atom stereocenters. The molecule has 2 N–H and O–H groups in total. The number of thioether (sulfide) groups is 1. The Hall–Kier alpha value is -2.73. The van der Waals surface area contributed by atoms with Gasteiger partial charge in [-0.15, -0.1) is 11.8 Å². The van der Waals surface area contributed by atoms with Gasteiger partial charge in [-0.2, -0.15) is 0 Å². The normalized spacial score (nSPS) is 16.5. The lowest BCUT2D eigenvalue weighted by atomic mass is 10.1. The number of H-pyrrole nitrogens is 1. The third-order valence-corrected chi connectivity index (χ3v) is 6.07. The molecule has 6 heteroatoms. The van der Waals surface area contributed by atoms with E-state index in [-0.39, 0.29) is 11.8 Å². The van der Waals surface area contributed by atoms with Crippen LogP contribution in [0.3, 0.4) is 0 Å². The van der Waals surface area contributed by atoms with Crippen molar-refractivity contribution in [3.63, 3.8) is 0 Å². The van der Waals surface area contributed by atoms with E-state index in [4.69, 9.17) is 0 Å². The van der Waals surface area contributed by atoms with Gasteiger partial charge in [0.2, 0.25) is 5.91 Å². The largest absolute Gasteiger partial charge is 0.360 e. The van der Waals surface area contributed by atoms with Gasteiger partial charge in [0.05, 0.1) is 11.4 Å². The number of para-hydroxylation sites is 1. The topological polar surface area (TPSA) is 65.2 Å². The number of benzene rings is 2. The first-order chi connectivity index (χ1) is 13.6. The molecule has 144 valence electrons. The van der Waals surface area contributed by atoms with Gasteiger partial charge < -0.3 is 15.2 Å². The van der Waals surface area contributed by atoms with E-state index in [0.29, 0.717) is 23.7 Å². The number of hydrogen-bond acceptors (Lipinski definition) is 3. The Balaban J connectivity index is 1.41. The van der Waals surface area contributed by atoms with Crippen LogP contribution in [-0.4, -0.2) is 45.9 Å². The molecular weight excluding hydrogens is 370 g/mol. The summed E-state index contributed by atoms with van der Waals surface area (Å²) in [6.07, 6.45) is 2.52. The van der Waals surface area contributed by atoms with Gasteiger partial charge in [0.25, 0.3) is 5.91 Å². The lowest BCUT2D eigenvalue weighted by molar-refractivity contribution is -0.124. The molecule has 1 saturated heterocycles. The molecular formula is C22H23N3O2S. The first-order valence-corrected chi connectivity index (χ1v) is 10.6. The van der Waals surface area contributed by atoms with E-state index in [9.17, 15) is 9.59 Å². The number of nitrogens with one attached hydrogen (secondary N) is 2. The number of aryl methyl sites for hydroxylation is 1. The van der Waals surface area contributed by atoms with Crippen molar-refractivity contribution in [3.8, 4) is 0 Å². The van der Waals surface area contributed by atoms with Crippen molar-refractivity contribution in [2.45, 2.75) is 19.4 Å². The van der Waals surface area contributed by atoms with Crippen LogP contribution in [0.15, 0.2) is 54.7 Å². The summed E-state index contributed by atoms with van der Waals surface area (Å²) in [7, 11) is 0. The highest BCUT2D eigenvalue weighted by molar-refractivity contribution is 7.99. The summed E-state index contributed by atoms with van der Waals surface area (Å²) in [6.45, 7) is 2.63. The van der Waals surface area contributed by atoms with E-state index in [1.165, 1.54) is 11.1 Å². The monoisotopic (exact) mass is 393 g/mol.